The van der Waals surface area contributed by atoms with Crippen LogP contribution in [-0.4, -0.2) is 28.5 Å². The number of carbonyl (C=O) groups excluding carboxylic acids is 1. The number of hydrogen-bond acceptors (Lipinski definition) is 3. The normalized spacial score (nSPS) is 21.5. The van der Waals surface area contributed by atoms with Gasteiger partial charge in [-0.3, -0.25) is 9.69 Å². The smallest absolute Gasteiger partial charge is 0.244 e. The number of nitrogens with two attached hydrogens (primary N) is 1. The maximum Gasteiger partial charge on any atom is 0.244 e. The third-order valence-corrected chi connectivity index (χ3v) is 2.97. The van der Waals surface area contributed by atoms with Crippen molar-refractivity contribution < 1.29 is 4.79 Å². The highest BCUT2D eigenvalue weighted by atomic mass is 35.5. The van der Waals surface area contributed by atoms with Gasteiger partial charge in [-0.1, -0.05) is 11.6 Å². The maximum atomic E-state index is 11.8. The highest BCUT2D eigenvalue weighted by molar-refractivity contribution is 6.32. The van der Waals surface area contributed by atoms with Gasteiger partial charge in [0.15, 0.2) is 11.0 Å². The molecule has 2 N–H and O–H groups in total. The van der Waals surface area contributed by atoms with Crippen LogP contribution in [0.15, 0.2) is 0 Å². The monoisotopic (exact) mass is 228 g/mol. The number of likely N-dealkylation sites (N-methyl/N-ethyl adjacent to an activating group) is 1. The molecule has 0 aliphatic carbocycles. The summed E-state index contributed by atoms with van der Waals surface area (Å²) >= 11 is 5.98. The van der Waals surface area contributed by atoms with Crippen LogP contribution < -0.4 is 10.6 Å². The first-order valence-electron chi connectivity index (χ1n) is 4.78. The van der Waals surface area contributed by atoms with Gasteiger partial charge < -0.3 is 10.3 Å². The number of hydrogen-bond donors (Lipinski definition) is 1. The Morgan fingerprint density at radius 3 is 2.93 bits per heavy atom. The molecular weight excluding hydrogens is 216 g/mol. The van der Waals surface area contributed by atoms with Gasteiger partial charge in [-0.25, -0.2) is 4.98 Å². The van der Waals surface area contributed by atoms with E-state index in [0.717, 1.165) is 5.82 Å². The van der Waals surface area contributed by atoms with Gasteiger partial charge in [-0.05, 0) is 13.3 Å². The van der Waals surface area contributed by atoms with Crippen molar-refractivity contribution in [2.75, 3.05) is 11.9 Å². The van der Waals surface area contributed by atoms with E-state index in [1.165, 1.54) is 4.90 Å². The van der Waals surface area contributed by atoms with Crippen LogP contribution in [0.3, 0.4) is 0 Å². The molecule has 5 nitrogen and oxygen atoms in total. The summed E-state index contributed by atoms with van der Waals surface area (Å²) in [5.74, 6) is 1.34. The quantitative estimate of drug-likeness (QED) is 0.705. The summed E-state index contributed by atoms with van der Waals surface area (Å²) in [6.45, 7) is 2.54. The first-order chi connectivity index (χ1) is 7.02. The molecule has 1 atom stereocenters. The summed E-state index contributed by atoms with van der Waals surface area (Å²) in [4.78, 5) is 17.4. The molecule has 1 unspecified atom stereocenters. The van der Waals surface area contributed by atoms with Gasteiger partial charge in [0, 0.05) is 13.6 Å². The van der Waals surface area contributed by atoms with E-state index >= 15 is 0 Å². The molecule has 6 heteroatoms. The summed E-state index contributed by atoms with van der Waals surface area (Å²) in [6.07, 6.45) is 0.615. The Kier molecular flexibility index (Phi) is 2.44. The number of anilines is 1. The lowest BCUT2D eigenvalue weighted by atomic mass is 10.2. The van der Waals surface area contributed by atoms with Crippen molar-refractivity contribution in [3.63, 3.8) is 0 Å². The zero-order valence-corrected chi connectivity index (χ0v) is 9.45. The maximum absolute atomic E-state index is 11.8. The van der Waals surface area contributed by atoms with Crippen LogP contribution in [0.4, 0.5) is 5.82 Å². The zero-order chi connectivity index (χ0) is 11.2. The number of nitrogens with zero attached hydrogens (tertiary/aromatic N) is 3. The van der Waals surface area contributed by atoms with Gasteiger partial charge in [0.05, 0.1) is 6.04 Å². The Labute approximate surface area is 92.8 Å². The van der Waals surface area contributed by atoms with Crippen LogP contribution >= 0.6 is 11.6 Å². The molecule has 0 aromatic carbocycles. The number of halogens is 1. The van der Waals surface area contributed by atoms with Crippen molar-refractivity contribution in [1.82, 2.24) is 9.55 Å². The molecule has 1 aromatic heterocycles. The van der Waals surface area contributed by atoms with Crippen molar-refractivity contribution in [1.29, 1.82) is 0 Å². The molecule has 82 valence electrons. The number of rotatable bonds is 0. The molecule has 1 aromatic rings. The van der Waals surface area contributed by atoms with E-state index in [1.54, 1.807) is 7.05 Å². The van der Waals surface area contributed by atoms with Gasteiger partial charge in [-0.2, -0.15) is 0 Å². The lowest BCUT2D eigenvalue weighted by Crippen LogP contribution is -2.40. The molecule has 1 amide bonds. The SMILES string of the molecule is Cc1nc(Cl)c2n1CCC(N)C(=O)N2C. The highest BCUT2D eigenvalue weighted by Crippen LogP contribution is 2.28. The van der Waals surface area contributed by atoms with Gasteiger partial charge in [-0.15, -0.1) is 0 Å². The average Bonchev–Trinajstić information content (AvgIpc) is 2.41. The van der Waals surface area contributed by atoms with Crippen LogP contribution in [0.1, 0.15) is 12.2 Å². The molecule has 15 heavy (non-hydrogen) atoms. The predicted octanol–water partition coefficient (Wildman–Crippen LogP) is 0.539. The van der Waals surface area contributed by atoms with Crippen LogP contribution in [0, 0.1) is 6.92 Å². The van der Waals surface area contributed by atoms with Crippen molar-refractivity contribution in [2.24, 2.45) is 5.73 Å². The number of aryl methyl sites for hydroxylation is 1. The first kappa shape index (κ1) is 10.4. The second-order valence-corrected chi connectivity index (χ2v) is 4.08. The highest BCUT2D eigenvalue weighted by Gasteiger charge is 2.28. The van der Waals surface area contributed by atoms with Crippen LogP contribution in [0.5, 0.6) is 0 Å². The third kappa shape index (κ3) is 1.52. The molecule has 2 heterocycles. The minimum absolute atomic E-state index is 0.115. The van der Waals surface area contributed by atoms with E-state index in [-0.39, 0.29) is 5.91 Å². The van der Waals surface area contributed by atoms with Crippen LogP contribution in [-0.2, 0) is 11.3 Å². The van der Waals surface area contributed by atoms with E-state index in [4.69, 9.17) is 17.3 Å². The van der Waals surface area contributed by atoms with Gasteiger partial charge >= 0.3 is 0 Å². The van der Waals surface area contributed by atoms with E-state index in [0.29, 0.717) is 23.9 Å². The largest absolute Gasteiger partial charge is 0.320 e. The van der Waals surface area contributed by atoms with Gasteiger partial charge in [0.1, 0.15) is 5.82 Å². The van der Waals surface area contributed by atoms with Crippen molar-refractivity contribution in [2.45, 2.75) is 25.9 Å². The number of amides is 1. The second-order valence-electron chi connectivity index (χ2n) is 3.72. The van der Waals surface area contributed by atoms with Crippen LogP contribution in [0.25, 0.3) is 0 Å². The number of aromatic nitrogens is 2. The molecule has 0 radical (unpaired) electrons. The summed E-state index contributed by atoms with van der Waals surface area (Å²) in [5, 5.41) is 0.359. The summed E-state index contributed by atoms with van der Waals surface area (Å²) < 4.78 is 1.92. The van der Waals surface area contributed by atoms with E-state index in [2.05, 4.69) is 4.98 Å². The van der Waals surface area contributed by atoms with E-state index in [9.17, 15) is 4.79 Å². The van der Waals surface area contributed by atoms with E-state index < -0.39 is 6.04 Å². The molecule has 0 bridgehead atoms. The fraction of sp³-hybridized carbons (Fsp3) is 0.556. The molecule has 1 aliphatic heterocycles. The minimum Gasteiger partial charge on any atom is -0.320 e. The first-order valence-corrected chi connectivity index (χ1v) is 5.16. The lowest BCUT2D eigenvalue weighted by Gasteiger charge is -2.17. The fourth-order valence-electron chi connectivity index (χ4n) is 1.85. The van der Waals surface area contributed by atoms with Crippen molar-refractivity contribution in [3.05, 3.63) is 11.0 Å². The van der Waals surface area contributed by atoms with Gasteiger partial charge in [0.25, 0.3) is 0 Å². The Bertz CT molecular complexity index is 414. The Hall–Kier alpha value is -1.07. The minimum atomic E-state index is -0.453. The van der Waals surface area contributed by atoms with Crippen molar-refractivity contribution >= 4 is 23.3 Å². The third-order valence-electron chi connectivity index (χ3n) is 2.72. The standard InChI is InChI=1S/C9H13ClN4O/c1-5-12-7(10)8-13(2)9(15)6(11)3-4-14(5)8/h6H,3-4,11H2,1-2H3. The second kappa shape index (κ2) is 3.50. The van der Waals surface area contributed by atoms with Crippen LogP contribution in [0.2, 0.25) is 5.15 Å². The number of imidazole rings is 1. The molecule has 1 aliphatic rings. The Morgan fingerprint density at radius 2 is 2.27 bits per heavy atom. The van der Waals surface area contributed by atoms with Gasteiger partial charge in [0.2, 0.25) is 5.91 Å². The molecule has 2 rings (SSSR count). The zero-order valence-electron chi connectivity index (χ0n) is 8.70. The Morgan fingerprint density at radius 1 is 1.60 bits per heavy atom. The number of carbonyl (C=O) groups is 1. The average molecular weight is 229 g/mol. The molecule has 0 saturated heterocycles. The molecular formula is C9H13ClN4O. The van der Waals surface area contributed by atoms with Crippen molar-refractivity contribution in [3.8, 4) is 0 Å². The molecule has 0 saturated carbocycles. The number of fused-ring (bicyclic) bond motifs is 1. The summed E-state index contributed by atoms with van der Waals surface area (Å²) in [6, 6.07) is -0.453. The molecule has 0 fully saturated rings. The fourth-order valence-corrected chi connectivity index (χ4v) is 2.20. The summed E-state index contributed by atoms with van der Waals surface area (Å²) in [7, 11) is 1.67. The summed E-state index contributed by atoms with van der Waals surface area (Å²) in [5.41, 5.74) is 5.74. The predicted molar refractivity (Wildman–Crippen MR) is 58.0 cm³/mol. The Balaban J connectivity index is 2.54. The van der Waals surface area contributed by atoms with E-state index in [1.807, 2.05) is 11.5 Å². The molecule has 0 spiro atoms. The topological polar surface area (TPSA) is 64.2 Å². The lowest BCUT2D eigenvalue weighted by molar-refractivity contribution is -0.119.